The van der Waals surface area contributed by atoms with Crippen molar-refractivity contribution in [3.05, 3.63) is 42.1 Å². The Bertz CT molecular complexity index is 613. The van der Waals surface area contributed by atoms with Gasteiger partial charge in [-0.1, -0.05) is 18.2 Å². The summed E-state index contributed by atoms with van der Waals surface area (Å²) in [6, 6.07) is 9.45. The van der Waals surface area contributed by atoms with Gasteiger partial charge in [-0.3, -0.25) is 9.78 Å². The first-order valence-corrected chi connectivity index (χ1v) is 6.46. The number of benzene rings is 1. The lowest BCUT2D eigenvalue weighted by Gasteiger charge is -2.31. The van der Waals surface area contributed by atoms with Gasteiger partial charge >= 0.3 is 0 Å². The van der Waals surface area contributed by atoms with E-state index >= 15 is 0 Å². The third kappa shape index (κ3) is 2.13. The second-order valence-electron chi connectivity index (χ2n) is 4.98. The second kappa shape index (κ2) is 4.72. The number of carbonyl (C=O) groups excluding carboxylic acids is 1. The molecule has 0 spiro atoms. The van der Waals surface area contributed by atoms with Crippen LogP contribution in [0.25, 0.3) is 10.9 Å². The molecule has 1 aromatic carbocycles. The summed E-state index contributed by atoms with van der Waals surface area (Å²) in [7, 11) is 0. The number of hydrogen-bond acceptors (Lipinski definition) is 4. The number of aromatic nitrogens is 1. The largest absolute Gasteiger partial charge is 0.381 e. The molecule has 1 aliphatic heterocycles. The first kappa shape index (κ1) is 12.3. The number of pyridine rings is 1. The molecule has 0 atom stereocenters. The average molecular weight is 256 g/mol. The molecule has 1 fully saturated rings. The van der Waals surface area contributed by atoms with Gasteiger partial charge in [0.15, 0.2) is 5.78 Å². The van der Waals surface area contributed by atoms with Crippen LogP contribution >= 0.6 is 0 Å². The number of fused-ring (bicyclic) bond motifs is 1. The predicted octanol–water partition coefficient (Wildman–Crippen LogP) is 1.93. The molecule has 4 heteroatoms. The van der Waals surface area contributed by atoms with Crippen molar-refractivity contribution in [2.24, 2.45) is 5.73 Å². The van der Waals surface area contributed by atoms with E-state index in [-0.39, 0.29) is 5.78 Å². The number of ketones is 1. The fourth-order valence-corrected chi connectivity index (χ4v) is 2.52. The average Bonchev–Trinajstić information content (AvgIpc) is 2.47. The third-order valence-electron chi connectivity index (χ3n) is 3.71. The van der Waals surface area contributed by atoms with E-state index in [4.69, 9.17) is 10.5 Å². The summed E-state index contributed by atoms with van der Waals surface area (Å²) in [6.07, 6.45) is 2.83. The van der Waals surface area contributed by atoms with Crippen LogP contribution in [-0.2, 0) is 4.74 Å². The number of para-hydroxylation sites is 1. The van der Waals surface area contributed by atoms with E-state index in [1.807, 2.05) is 30.3 Å². The Balaban J connectivity index is 2.06. The SMILES string of the molecule is NC1(C(=O)c2cccc3cccnc23)CCOCC1. The van der Waals surface area contributed by atoms with Gasteiger partial charge in [0.25, 0.3) is 0 Å². The molecule has 19 heavy (non-hydrogen) atoms. The van der Waals surface area contributed by atoms with E-state index in [0.29, 0.717) is 31.6 Å². The summed E-state index contributed by atoms with van der Waals surface area (Å²) < 4.78 is 5.29. The van der Waals surface area contributed by atoms with Crippen molar-refractivity contribution in [1.82, 2.24) is 4.98 Å². The molecule has 1 aromatic heterocycles. The number of nitrogens with two attached hydrogens (primary N) is 1. The molecule has 2 N–H and O–H groups in total. The van der Waals surface area contributed by atoms with Crippen LogP contribution in [0.1, 0.15) is 23.2 Å². The maximum Gasteiger partial charge on any atom is 0.184 e. The molecule has 0 bridgehead atoms. The van der Waals surface area contributed by atoms with Crippen molar-refractivity contribution < 1.29 is 9.53 Å². The van der Waals surface area contributed by atoms with E-state index in [0.717, 1.165) is 10.9 Å². The highest BCUT2D eigenvalue weighted by Crippen LogP contribution is 2.26. The number of nitrogens with zero attached hydrogens (tertiary/aromatic N) is 1. The van der Waals surface area contributed by atoms with Crippen molar-refractivity contribution in [3.8, 4) is 0 Å². The number of rotatable bonds is 2. The van der Waals surface area contributed by atoms with Crippen LogP contribution in [0.2, 0.25) is 0 Å². The fraction of sp³-hybridized carbons (Fsp3) is 0.333. The van der Waals surface area contributed by atoms with E-state index in [1.54, 1.807) is 6.20 Å². The summed E-state index contributed by atoms with van der Waals surface area (Å²) >= 11 is 0. The van der Waals surface area contributed by atoms with Crippen molar-refractivity contribution in [2.45, 2.75) is 18.4 Å². The molecule has 0 unspecified atom stereocenters. The summed E-state index contributed by atoms with van der Waals surface area (Å²) in [5, 5.41) is 0.962. The molecular weight excluding hydrogens is 240 g/mol. The van der Waals surface area contributed by atoms with Gasteiger partial charge in [-0.2, -0.15) is 0 Å². The van der Waals surface area contributed by atoms with Crippen molar-refractivity contribution in [1.29, 1.82) is 0 Å². The van der Waals surface area contributed by atoms with Crippen LogP contribution < -0.4 is 5.73 Å². The predicted molar refractivity (Wildman–Crippen MR) is 73.0 cm³/mol. The van der Waals surface area contributed by atoms with Gasteiger partial charge in [0.2, 0.25) is 0 Å². The van der Waals surface area contributed by atoms with E-state index in [9.17, 15) is 4.79 Å². The highest BCUT2D eigenvalue weighted by Gasteiger charge is 2.37. The molecule has 2 aromatic rings. The molecule has 3 rings (SSSR count). The third-order valence-corrected chi connectivity index (χ3v) is 3.71. The van der Waals surface area contributed by atoms with Crippen LogP contribution in [0, 0.1) is 0 Å². The van der Waals surface area contributed by atoms with Crippen LogP contribution in [0.5, 0.6) is 0 Å². The molecule has 0 saturated carbocycles. The Kier molecular flexibility index (Phi) is 3.05. The zero-order valence-corrected chi connectivity index (χ0v) is 10.6. The number of carbonyl (C=O) groups is 1. The minimum atomic E-state index is -0.815. The molecule has 1 aliphatic rings. The topological polar surface area (TPSA) is 65.2 Å². The van der Waals surface area contributed by atoms with Gasteiger partial charge < -0.3 is 10.5 Å². The van der Waals surface area contributed by atoms with E-state index in [2.05, 4.69) is 4.98 Å². The zero-order chi connectivity index (χ0) is 13.3. The highest BCUT2D eigenvalue weighted by atomic mass is 16.5. The summed E-state index contributed by atoms with van der Waals surface area (Å²) in [5.41, 5.74) is 6.79. The Hall–Kier alpha value is -1.78. The monoisotopic (exact) mass is 256 g/mol. The Morgan fingerprint density at radius 1 is 1.21 bits per heavy atom. The van der Waals surface area contributed by atoms with Crippen molar-refractivity contribution in [2.75, 3.05) is 13.2 Å². The minimum Gasteiger partial charge on any atom is -0.381 e. The molecule has 1 saturated heterocycles. The van der Waals surface area contributed by atoms with Crippen LogP contribution in [0.4, 0.5) is 0 Å². The van der Waals surface area contributed by atoms with E-state index < -0.39 is 5.54 Å². The Labute approximate surface area is 111 Å². The maximum atomic E-state index is 12.7. The van der Waals surface area contributed by atoms with Gasteiger partial charge in [-0.05, 0) is 25.0 Å². The molecule has 98 valence electrons. The standard InChI is InChI=1S/C15H16N2O2/c16-15(6-9-19-10-7-15)14(18)12-5-1-3-11-4-2-8-17-13(11)12/h1-5,8H,6-7,9-10,16H2. The lowest BCUT2D eigenvalue weighted by atomic mass is 9.83. The lowest BCUT2D eigenvalue weighted by molar-refractivity contribution is 0.0449. The first-order chi connectivity index (χ1) is 9.21. The van der Waals surface area contributed by atoms with Gasteiger partial charge in [0.1, 0.15) is 0 Å². The lowest BCUT2D eigenvalue weighted by Crippen LogP contribution is -2.52. The molecular formula is C15H16N2O2. The summed E-state index contributed by atoms with van der Waals surface area (Å²) in [5.74, 6) is -0.0277. The van der Waals surface area contributed by atoms with Crippen LogP contribution in [0.3, 0.4) is 0 Å². The normalized spacial score (nSPS) is 18.4. The fourth-order valence-electron chi connectivity index (χ4n) is 2.52. The van der Waals surface area contributed by atoms with Crippen molar-refractivity contribution in [3.63, 3.8) is 0 Å². The Morgan fingerprint density at radius 2 is 1.95 bits per heavy atom. The second-order valence-corrected chi connectivity index (χ2v) is 4.98. The number of hydrogen-bond donors (Lipinski definition) is 1. The number of Topliss-reactive ketones (excluding diaryl/α,β-unsaturated/α-hetero) is 1. The number of ether oxygens (including phenoxy) is 1. The van der Waals surface area contributed by atoms with E-state index in [1.165, 1.54) is 0 Å². The van der Waals surface area contributed by atoms with Crippen molar-refractivity contribution >= 4 is 16.7 Å². The zero-order valence-electron chi connectivity index (χ0n) is 10.6. The van der Waals surface area contributed by atoms with Gasteiger partial charge in [0.05, 0.1) is 11.1 Å². The Morgan fingerprint density at radius 3 is 2.74 bits per heavy atom. The van der Waals surface area contributed by atoms with Crippen LogP contribution in [0.15, 0.2) is 36.5 Å². The van der Waals surface area contributed by atoms with Gasteiger partial charge in [0, 0.05) is 30.4 Å². The first-order valence-electron chi connectivity index (χ1n) is 6.46. The van der Waals surface area contributed by atoms with Crippen LogP contribution in [-0.4, -0.2) is 29.5 Å². The molecule has 0 amide bonds. The molecule has 2 heterocycles. The minimum absolute atomic E-state index is 0.0277. The molecule has 0 aliphatic carbocycles. The smallest absolute Gasteiger partial charge is 0.184 e. The van der Waals surface area contributed by atoms with Gasteiger partial charge in [-0.25, -0.2) is 0 Å². The highest BCUT2D eigenvalue weighted by molar-refractivity contribution is 6.11. The summed E-state index contributed by atoms with van der Waals surface area (Å²) in [6.45, 7) is 1.08. The quantitative estimate of drug-likeness (QED) is 0.834. The maximum absolute atomic E-state index is 12.7. The summed E-state index contributed by atoms with van der Waals surface area (Å²) in [4.78, 5) is 17.0. The molecule has 0 radical (unpaired) electrons. The molecule has 4 nitrogen and oxygen atoms in total. The van der Waals surface area contributed by atoms with Gasteiger partial charge in [-0.15, -0.1) is 0 Å².